The highest BCUT2D eigenvalue weighted by Crippen LogP contribution is 2.29. The first-order valence-corrected chi connectivity index (χ1v) is 8.16. The lowest BCUT2D eigenvalue weighted by molar-refractivity contribution is -0.140. The van der Waals surface area contributed by atoms with E-state index in [0.717, 1.165) is 24.3 Å². The van der Waals surface area contributed by atoms with Gasteiger partial charge in [-0.3, -0.25) is 4.79 Å². The average Bonchev–Trinajstić information content (AvgIpc) is 3.12. The third kappa shape index (κ3) is 3.02. The predicted octanol–water partition coefficient (Wildman–Crippen LogP) is 1.56. The maximum Gasteiger partial charge on any atom is 0.223 e. The largest absolute Gasteiger partial charge is 0.367 e. The molecule has 1 amide bonds. The molecule has 2 aliphatic rings. The van der Waals surface area contributed by atoms with E-state index in [4.69, 9.17) is 10.5 Å². The van der Waals surface area contributed by atoms with Crippen LogP contribution in [-0.2, 0) is 9.53 Å². The zero-order chi connectivity index (χ0) is 13.9. The molecule has 2 fully saturated rings. The van der Waals surface area contributed by atoms with Crippen LogP contribution in [-0.4, -0.2) is 41.5 Å². The van der Waals surface area contributed by atoms with Crippen molar-refractivity contribution in [1.29, 1.82) is 0 Å². The average molecular weight is 295 g/mol. The zero-order valence-electron chi connectivity index (χ0n) is 11.5. The number of thiazole rings is 1. The molecule has 1 aromatic rings. The summed E-state index contributed by atoms with van der Waals surface area (Å²) in [7, 11) is 0. The van der Waals surface area contributed by atoms with Crippen molar-refractivity contribution < 1.29 is 9.53 Å². The summed E-state index contributed by atoms with van der Waals surface area (Å²) in [6.45, 7) is 1.89. The Morgan fingerprint density at radius 1 is 1.55 bits per heavy atom. The Labute approximate surface area is 123 Å². The van der Waals surface area contributed by atoms with Crippen molar-refractivity contribution in [2.45, 2.75) is 37.8 Å². The molecule has 1 aliphatic carbocycles. The number of amides is 1. The molecule has 0 bridgehead atoms. The number of carbonyl (C=O) groups excluding carboxylic acids is 1. The Kier molecular flexibility index (Phi) is 4.33. The quantitative estimate of drug-likeness (QED) is 0.919. The van der Waals surface area contributed by atoms with Crippen molar-refractivity contribution in [1.82, 2.24) is 9.88 Å². The van der Waals surface area contributed by atoms with Gasteiger partial charge in [-0.25, -0.2) is 4.98 Å². The van der Waals surface area contributed by atoms with Crippen LogP contribution in [0.4, 0.5) is 0 Å². The Hall–Kier alpha value is -0.980. The summed E-state index contributed by atoms with van der Waals surface area (Å²) in [5, 5.41) is 2.90. The van der Waals surface area contributed by atoms with Crippen LogP contribution in [0.25, 0.3) is 0 Å². The Morgan fingerprint density at radius 2 is 2.45 bits per heavy atom. The molecule has 1 unspecified atom stereocenters. The molecule has 1 saturated carbocycles. The maximum atomic E-state index is 12.4. The lowest BCUT2D eigenvalue weighted by Gasteiger charge is -2.33. The molecule has 1 aliphatic heterocycles. The highest BCUT2D eigenvalue weighted by molar-refractivity contribution is 7.09. The van der Waals surface area contributed by atoms with Gasteiger partial charge < -0.3 is 15.4 Å². The van der Waals surface area contributed by atoms with Gasteiger partial charge in [0.2, 0.25) is 5.91 Å². The van der Waals surface area contributed by atoms with Gasteiger partial charge in [0.15, 0.2) is 0 Å². The molecule has 3 atom stereocenters. The van der Waals surface area contributed by atoms with Crippen LogP contribution in [0, 0.1) is 5.92 Å². The monoisotopic (exact) mass is 295 g/mol. The molecule has 6 heteroatoms. The minimum absolute atomic E-state index is 0.0649. The molecule has 1 aromatic heterocycles. The van der Waals surface area contributed by atoms with Gasteiger partial charge in [-0.1, -0.05) is 6.42 Å². The minimum Gasteiger partial charge on any atom is -0.367 e. The van der Waals surface area contributed by atoms with Crippen LogP contribution >= 0.6 is 11.3 Å². The normalized spacial score (nSPS) is 30.6. The van der Waals surface area contributed by atoms with Crippen molar-refractivity contribution >= 4 is 17.2 Å². The van der Waals surface area contributed by atoms with Crippen LogP contribution in [0.1, 0.15) is 36.8 Å². The number of morpholine rings is 1. The number of hydrogen-bond donors (Lipinski definition) is 1. The molecule has 110 valence electrons. The van der Waals surface area contributed by atoms with Gasteiger partial charge in [0.05, 0.1) is 13.2 Å². The third-order valence-corrected chi connectivity index (χ3v) is 5.17. The van der Waals surface area contributed by atoms with E-state index in [9.17, 15) is 4.79 Å². The second-order valence-electron chi connectivity index (χ2n) is 5.63. The van der Waals surface area contributed by atoms with Crippen LogP contribution in [0.2, 0.25) is 0 Å². The highest BCUT2D eigenvalue weighted by Gasteiger charge is 2.31. The van der Waals surface area contributed by atoms with Gasteiger partial charge in [0, 0.05) is 30.6 Å². The molecule has 3 rings (SSSR count). The van der Waals surface area contributed by atoms with E-state index in [1.807, 2.05) is 10.3 Å². The lowest BCUT2D eigenvalue weighted by Crippen LogP contribution is -2.43. The van der Waals surface area contributed by atoms with Crippen molar-refractivity contribution in [3.8, 4) is 0 Å². The number of ether oxygens (including phenoxy) is 1. The molecule has 2 N–H and O–H groups in total. The molecule has 1 saturated heterocycles. The third-order valence-electron chi connectivity index (χ3n) is 4.30. The van der Waals surface area contributed by atoms with Crippen molar-refractivity contribution in [3.05, 3.63) is 16.6 Å². The number of aromatic nitrogens is 1. The van der Waals surface area contributed by atoms with Crippen LogP contribution < -0.4 is 5.73 Å². The molecular weight excluding hydrogens is 274 g/mol. The zero-order valence-corrected chi connectivity index (χ0v) is 12.3. The maximum absolute atomic E-state index is 12.4. The summed E-state index contributed by atoms with van der Waals surface area (Å²) in [6, 6.07) is 0.203. The summed E-state index contributed by atoms with van der Waals surface area (Å²) < 4.78 is 5.72. The van der Waals surface area contributed by atoms with Crippen LogP contribution in [0.15, 0.2) is 11.6 Å². The summed E-state index contributed by atoms with van der Waals surface area (Å²) >= 11 is 1.58. The fourth-order valence-electron chi connectivity index (χ4n) is 3.09. The second-order valence-corrected chi connectivity index (χ2v) is 6.55. The molecule has 20 heavy (non-hydrogen) atoms. The standard InChI is InChI=1S/C14H21N3O2S/c15-11-3-1-2-10(11)8-13(18)17-5-6-19-12(9-17)14-16-4-7-20-14/h4,7,10-12H,1-3,5-6,8-9,15H2/t10-,11+,12?/m0/s1. The molecule has 2 heterocycles. The first kappa shape index (κ1) is 14.0. The van der Waals surface area contributed by atoms with Gasteiger partial charge in [0.25, 0.3) is 0 Å². The molecule has 0 aromatic carbocycles. The van der Waals surface area contributed by atoms with E-state index in [1.54, 1.807) is 17.5 Å². The number of nitrogens with two attached hydrogens (primary N) is 1. The topological polar surface area (TPSA) is 68.5 Å². The van der Waals surface area contributed by atoms with Gasteiger partial charge in [-0.15, -0.1) is 11.3 Å². The van der Waals surface area contributed by atoms with Crippen LogP contribution in [0.3, 0.4) is 0 Å². The fourth-order valence-corrected chi connectivity index (χ4v) is 3.77. The van der Waals surface area contributed by atoms with Gasteiger partial charge in [0.1, 0.15) is 11.1 Å². The van der Waals surface area contributed by atoms with Crippen molar-refractivity contribution in [2.24, 2.45) is 11.7 Å². The minimum atomic E-state index is -0.0649. The van der Waals surface area contributed by atoms with E-state index in [2.05, 4.69) is 4.98 Å². The summed E-state index contributed by atoms with van der Waals surface area (Å²) in [4.78, 5) is 18.6. The second kappa shape index (κ2) is 6.20. The fraction of sp³-hybridized carbons (Fsp3) is 0.714. The van der Waals surface area contributed by atoms with Crippen LogP contribution in [0.5, 0.6) is 0 Å². The molecular formula is C14H21N3O2S. The van der Waals surface area contributed by atoms with E-state index < -0.39 is 0 Å². The van der Waals surface area contributed by atoms with E-state index in [-0.39, 0.29) is 18.1 Å². The number of rotatable bonds is 3. The number of nitrogens with zero attached hydrogens (tertiary/aromatic N) is 2. The summed E-state index contributed by atoms with van der Waals surface area (Å²) in [5.74, 6) is 0.584. The lowest BCUT2D eigenvalue weighted by atomic mass is 9.99. The Morgan fingerprint density at radius 3 is 3.15 bits per heavy atom. The van der Waals surface area contributed by atoms with Crippen molar-refractivity contribution in [3.63, 3.8) is 0 Å². The Bertz CT molecular complexity index is 451. The summed E-state index contributed by atoms with van der Waals surface area (Å²) in [6.07, 6.45) is 5.61. The highest BCUT2D eigenvalue weighted by atomic mass is 32.1. The van der Waals surface area contributed by atoms with Gasteiger partial charge >= 0.3 is 0 Å². The SMILES string of the molecule is N[C@@H]1CCC[C@H]1CC(=O)N1CCOC(c2nccs2)C1. The van der Waals surface area contributed by atoms with E-state index in [1.165, 1.54) is 0 Å². The predicted molar refractivity (Wildman–Crippen MR) is 77.3 cm³/mol. The number of hydrogen-bond acceptors (Lipinski definition) is 5. The molecule has 5 nitrogen and oxygen atoms in total. The smallest absolute Gasteiger partial charge is 0.223 e. The Balaban J connectivity index is 1.57. The molecule has 0 radical (unpaired) electrons. The van der Waals surface area contributed by atoms with Crippen molar-refractivity contribution in [2.75, 3.05) is 19.7 Å². The first-order chi connectivity index (χ1) is 9.74. The van der Waals surface area contributed by atoms with Gasteiger partial charge in [-0.2, -0.15) is 0 Å². The van der Waals surface area contributed by atoms with E-state index >= 15 is 0 Å². The molecule has 0 spiro atoms. The number of carbonyl (C=O) groups is 1. The van der Waals surface area contributed by atoms with E-state index in [0.29, 0.717) is 32.0 Å². The summed E-state index contributed by atoms with van der Waals surface area (Å²) in [5.41, 5.74) is 6.06. The van der Waals surface area contributed by atoms with Gasteiger partial charge in [-0.05, 0) is 18.8 Å². The first-order valence-electron chi connectivity index (χ1n) is 7.28.